The van der Waals surface area contributed by atoms with Gasteiger partial charge in [0.25, 0.3) is 0 Å². The van der Waals surface area contributed by atoms with Gasteiger partial charge in [-0.1, -0.05) is 6.92 Å². The Balaban J connectivity index is 2.38. The maximum atomic E-state index is 13.5. The molecular weight excluding hydrogens is 272 g/mol. The van der Waals surface area contributed by atoms with Crippen molar-refractivity contribution in [3.8, 4) is 0 Å². The maximum absolute atomic E-state index is 13.5. The second-order valence-electron chi connectivity index (χ2n) is 5.20. The average Bonchev–Trinajstić information content (AvgIpc) is 2.69. The SMILES string of the molecule is CCCN1CCC(N)C1c1cc(F)cc(C(F)(F)F)c1. The van der Waals surface area contributed by atoms with Gasteiger partial charge in [-0.25, -0.2) is 4.39 Å². The topological polar surface area (TPSA) is 29.3 Å². The van der Waals surface area contributed by atoms with E-state index in [0.29, 0.717) is 18.1 Å². The normalized spacial score (nSPS) is 24.3. The van der Waals surface area contributed by atoms with Crippen LogP contribution >= 0.6 is 0 Å². The van der Waals surface area contributed by atoms with Crippen LogP contribution in [-0.2, 0) is 6.18 Å². The highest BCUT2D eigenvalue weighted by Crippen LogP contribution is 2.36. The first-order valence-corrected chi connectivity index (χ1v) is 6.70. The number of benzene rings is 1. The lowest BCUT2D eigenvalue weighted by atomic mass is 9.98. The summed E-state index contributed by atoms with van der Waals surface area (Å²) >= 11 is 0. The molecule has 0 amide bonds. The molecule has 0 aliphatic carbocycles. The summed E-state index contributed by atoms with van der Waals surface area (Å²) in [5.74, 6) is -0.870. The van der Waals surface area contributed by atoms with Crippen LogP contribution in [0.3, 0.4) is 0 Å². The van der Waals surface area contributed by atoms with E-state index in [1.807, 2.05) is 11.8 Å². The van der Waals surface area contributed by atoms with Crippen LogP contribution < -0.4 is 5.73 Å². The largest absolute Gasteiger partial charge is 0.416 e. The van der Waals surface area contributed by atoms with Gasteiger partial charge in [0.15, 0.2) is 0 Å². The molecule has 1 saturated heterocycles. The van der Waals surface area contributed by atoms with Crippen molar-refractivity contribution >= 4 is 0 Å². The van der Waals surface area contributed by atoms with Gasteiger partial charge in [-0.3, -0.25) is 4.90 Å². The third-order valence-electron chi connectivity index (χ3n) is 3.65. The van der Waals surface area contributed by atoms with Crippen molar-refractivity contribution in [2.75, 3.05) is 13.1 Å². The Morgan fingerprint density at radius 1 is 1.30 bits per heavy atom. The molecule has 0 aromatic heterocycles. The molecule has 20 heavy (non-hydrogen) atoms. The van der Waals surface area contributed by atoms with Crippen LogP contribution in [-0.4, -0.2) is 24.0 Å². The second kappa shape index (κ2) is 5.69. The van der Waals surface area contributed by atoms with Crippen molar-refractivity contribution in [2.45, 2.75) is 38.0 Å². The van der Waals surface area contributed by atoms with Crippen LogP contribution in [0.15, 0.2) is 18.2 Å². The monoisotopic (exact) mass is 290 g/mol. The molecule has 1 aliphatic heterocycles. The van der Waals surface area contributed by atoms with Gasteiger partial charge in [-0.05, 0) is 43.1 Å². The molecule has 2 N–H and O–H groups in total. The predicted octanol–water partition coefficient (Wildman–Crippen LogP) is 3.33. The second-order valence-corrected chi connectivity index (χ2v) is 5.20. The minimum atomic E-state index is -4.55. The number of hydrogen-bond donors (Lipinski definition) is 1. The minimum absolute atomic E-state index is 0.260. The first kappa shape index (κ1) is 15.3. The van der Waals surface area contributed by atoms with Crippen LogP contribution in [0.1, 0.15) is 36.9 Å². The van der Waals surface area contributed by atoms with E-state index in [-0.39, 0.29) is 12.1 Å². The summed E-state index contributed by atoms with van der Waals surface area (Å²) in [5.41, 5.74) is 5.36. The van der Waals surface area contributed by atoms with Crippen LogP contribution in [0.2, 0.25) is 0 Å². The Morgan fingerprint density at radius 2 is 2.00 bits per heavy atom. The molecule has 1 fully saturated rings. The molecule has 1 aromatic rings. The maximum Gasteiger partial charge on any atom is 0.416 e. The van der Waals surface area contributed by atoms with Crippen LogP contribution in [0.25, 0.3) is 0 Å². The van der Waals surface area contributed by atoms with Crippen molar-refractivity contribution in [3.05, 3.63) is 35.1 Å². The molecule has 2 unspecified atom stereocenters. The van der Waals surface area contributed by atoms with Gasteiger partial charge in [-0.15, -0.1) is 0 Å². The van der Waals surface area contributed by atoms with E-state index < -0.39 is 17.6 Å². The number of hydrogen-bond acceptors (Lipinski definition) is 2. The molecule has 0 bridgehead atoms. The molecule has 2 rings (SSSR count). The highest BCUT2D eigenvalue weighted by atomic mass is 19.4. The van der Waals surface area contributed by atoms with Crippen molar-refractivity contribution < 1.29 is 17.6 Å². The van der Waals surface area contributed by atoms with Gasteiger partial charge in [0.2, 0.25) is 0 Å². The lowest BCUT2D eigenvalue weighted by Crippen LogP contribution is -2.32. The van der Waals surface area contributed by atoms with Crippen molar-refractivity contribution in [1.82, 2.24) is 4.90 Å². The minimum Gasteiger partial charge on any atom is -0.326 e. The van der Waals surface area contributed by atoms with E-state index >= 15 is 0 Å². The molecule has 112 valence electrons. The molecule has 2 atom stereocenters. The fourth-order valence-electron chi connectivity index (χ4n) is 2.83. The summed E-state index contributed by atoms with van der Waals surface area (Å²) in [6, 6.07) is 2.10. The fraction of sp³-hybridized carbons (Fsp3) is 0.571. The van der Waals surface area contributed by atoms with Crippen LogP contribution in [0.4, 0.5) is 17.6 Å². The number of rotatable bonds is 3. The smallest absolute Gasteiger partial charge is 0.326 e. The quantitative estimate of drug-likeness (QED) is 0.865. The van der Waals surface area contributed by atoms with Crippen molar-refractivity contribution in [3.63, 3.8) is 0 Å². The van der Waals surface area contributed by atoms with Crippen LogP contribution in [0, 0.1) is 5.82 Å². The lowest BCUT2D eigenvalue weighted by Gasteiger charge is -2.27. The van der Waals surface area contributed by atoms with E-state index in [1.165, 1.54) is 0 Å². The Bertz CT molecular complexity index is 471. The lowest BCUT2D eigenvalue weighted by molar-refractivity contribution is -0.137. The van der Waals surface area contributed by atoms with Gasteiger partial charge in [0, 0.05) is 12.6 Å². The number of likely N-dealkylation sites (tertiary alicyclic amines) is 1. The fourth-order valence-corrected chi connectivity index (χ4v) is 2.83. The molecule has 1 aromatic carbocycles. The summed E-state index contributed by atoms with van der Waals surface area (Å²) in [4.78, 5) is 2.03. The highest BCUT2D eigenvalue weighted by Gasteiger charge is 2.36. The Kier molecular flexibility index (Phi) is 4.34. The van der Waals surface area contributed by atoms with Crippen molar-refractivity contribution in [2.24, 2.45) is 5.73 Å². The average molecular weight is 290 g/mol. The van der Waals surface area contributed by atoms with Crippen molar-refractivity contribution in [1.29, 1.82) is 0 Å². The number of nitrogens with two attached hydrogens (primary N) is 1. The molecule has 0 radical (unpaired) electrons. The Hall–Kier alpha value is -1.14. The first-order chi connectivity index (χ1) is 9.32. The molecular formula is C14H18F4N2. The van der Waals surface area contributed by atoms with Gasteiger partial charge in [0.05, 0.1) is 11.6 Å². The number of alkyl halides is 3. The standard InChI is InChI=1S/C14H18F4N2/c1-2-4-20-5-3-12(19)13(20)9-6-10(14(16,17)18)8-11(15)7-9/h6-8,12-13H,2-5,19H2,1H3. The van der Waals surface area contributed by atoms with E-state index in [4.69, 9.17) is 5.73 Å². The molecule has 2 nitrogen and oxygen atoms in total. The summed E-state index contributed by atoms with van der Waals surface area (Å²) in [6.45, 7) is 3.47. The summed E-state index contributed by atoms with van der Waals surface area (Å²) in [5, 5.41) is 0. The number of halogens is 4. The van der Waals surface area contributed by atoms with E-state index in [1.54, 1.807) is 0 Å². The van der Waals surface area contributed by atoms with Gasteiger partial charge in [0.1, 0.15) is 5.82 Å². The van der Waals surface area contributed by atoms with E-state index in [0.717, 1.165) is 31.6 Å². The molecule has 6 heteroatoms. The first-order valence-electron chi connectivity index (χ1n) is 6.70. The predicted molar refractivity (Wildman–Crippen MR) is 68.6 cm³/mol. The zero-order chi connectivity index (χ0) is 14.9. The van der Waals surface area contributed by atoms with E-state index in [9.17, 15) is 17.6 Å². The molecule has 1 heterocycles. The summed E-state index contributed by atoms with van der Waals surface area (Å²) in [7, 11) is 0. The molecule has 0 spiro atoms. The number of nitrogens with zero attached hydrogens (tertiary/aromatic N) is 1. The van der Waals surface area contributed by atoms with E-state index in [2.05, 4.69) is 0 Å². The zero-order valence-electron chi connectivity index (χ0n) is 11.3. The third kappa shape index (κ3) is 3.12. The molecule has 0 saturated carbocycles. The Morgan fingerprint density at radius 3 is 2.60 bits per heavy atom. The highest BCUT2D eigenvalue weighted by molar-refractivity contribution is 5.30. The summed E-state index contributed by atoms with van der Waals surface area (Å²) in [6.07, 6.45) is -2.96. The van der Waals surface area contributed by atoms with Gasteiger partial charge in [-0.2, -0.15) is 13.2 Å². The summed E-state index contributed by atoms with van der Waals surface area (Å²) < 4.78 is 51.8. The Labute approximate surface area is 115 Å². The van der Waals surface area contributed by atoms with Gasteiger partial charge < -0.3 is 5.73 Å². The third-order valence-corrected chi connectivity index (χ3v) is 3.65. The van der Waals surface area contributed by atoms with Gasteiger partial charge >= 0.3 is 6.18 Å². The molecule has 1 aliphatic rings. The van der Waals surface area contributed by atoms with Crippen LogP contribution in [0.5, 0.6) is 0 Å². The zero-order valence-corrected chi connectivity index (χ0v) is 11.3.